The Morgan fingerprint density at radius 1 is 1.09 bits per heavy atom. The van der Waals surface area contributed by atoms with E-state index in [1.807, 2.05) is 44.2 Å². The number of rotatable bonds is 3. The maximum atomic E-state index is 12.9. The van der Waals surface area contributed by atoms with Gasteiger partial charge in [0, 0.05) is 11.1 Å². The normalized spacial score (nSPS) is 20.8. The van der Waals surface area contributed by atoms with Gasteiger partial charge in [0.15, 0.2) is 0 Å². The zero-order valence-corrected chi connectivity index (χ0v) is 13.4. The van der Waals surface area contributed by atoms with Gasteiger partial charge in [-0.2, -0.15) is 4.74 Å². The van der Waals surface area contributed by atoms with Crippen LogP contribution in [-0.4, -0.2) is 33.4 Å². The fourth-order valence-electron chi connectivity index (χ4n) is 3.03. The third-order valence-electron chi connectivity index (χ3n) is 4.29. The Morgan fingerprint density at radius 2 is 1.70 bits per heavy atom. The molecule has 0 spiro atoms. The minimum atomic E-state index is -0.798. The molecule has 1 aliphatic heterocycles. The first-order valence-corrected chi connectivity index (χ1v) is 7.48. The molecule has 0 saturated carbocycles. The molecule has 0 bridgehead atoms. The molecule has 0 aromatic heterocycles. The first-order valence-electron chi connectivity index (χ1n) is 7.48. The highest BCUT2D eigenvalue weighted by Gasteiger charge is 2.52. The van der Waals surface area contributed by atoms with Crippen LogP contribution in [0.5, 0.6) is 5.75 Å². The standard InChI is InChI=1S/C18H20N2O3/c1-18(2)16(13-7-5-4-6-8-13)19(21)17(20(18)22)14-9-11-15(23-3)12-10-14/h4-12,17,22H,1-3H3. The highest BCUT2D eigenvalue weighted by atomic mass is 16.5. The lowest BCUT2D eigenvalue weighted by Crippen LogP contribution is -2.44. The Bertz CT molecular complexity index is 724. The molecule has 1 heterocycles. The molecule has 0 amide bonds. The predicted octanol–water partition coefficient (Wildman–Crippen LogP) is 3.18. The van der Waals surface area contributed by atoms with Gasteiger partial charge in [-0.25, -0.2) is 0 Å². The van der Waals surface area contributed by atoms with E-state index in [-0.39, 0.29) is 0 Å². The average molecular weight is 312 g/mol. The Balaban J connectivity index is 2.09. The molecule has 1 atom stereocenters. The molecule has 0 aliphatic carbocycles. The van der Waals surface area contributed by atoms with Crippen molar-refractivity contribution in [1.29, 1.82) is 0 Å². The molecular formula is C18H20N2O3. The minimum absolute atomic E-state index is 0.543. The van der Waals surface area contributed by atoms with E-state index in [2.05, 4.69) is 0 Å². The van der Waals surface area contributed by atoms with Crippen molar-refractivity contribution < 1.29 is 14.7 Å². The minimum Gasteiger partial charge on any atom is -0.622 e. The third-order valence-corrected chi connectivity index (χ3v) is 4.29. The summed E-state index contributed by atoms with van der Waals surface area (Å²) >= 11 is 0. The maximum absolute atomic E-state index is 12.9. The Hall–Kier alpha value is -2.37. The van der Waals surface area contributed by atoms with Crippen molar-refractivity contribution in [2.75, 3.05) is 7.11 Å². The maximum Gasteiger partial charge on any atom is 0.268 e. The molecule has 2 aromatic carbocycles. The highest BCUT2D eigenvalue weighted by Crippen LogP contribution is 2.37. The summed E-state index contributed by atoms with van der Waals surface area (Å²) in [6.45, 7) is 3.67. The molecule has 23 heavy (non-hydrogen) atoms. The molecule has 5 heteroatoms. The fourth-order valence-corrected chi connectivity index (χ4v) is 3.03. The summed E-state index contributed by atoms with van der Waals surface area (Å²) in [6, 6.07) is 16.6. The fraction of sp³-hybridized carbons (Fsp3) is 0.278. The van der Waals surface area contributed by atoms with Crippen molar-refractivity contribution in [3.8, 4) is 5.75 Å². The summed E-state index contributed by atoms with van der Waals surface area (Å²) in [6.07, 6.45) is -0.786. The van der Waals surface area contributed by atoms with Gasteiger partial charge in [-0.05, 0) is 50.2 Å². The second kappa shape index (κ2) is 5.68. The van der Waals surface area contributed by atoms with E-state index in [4.69, 9.17) is 4.74 Å². The third kappa shape index (κ3) is 2.48. The number of hydrogen-bond donors (Lipinski definition) is 1. The largest absolute Gasteiger partial charge is 0.622 e. The SMILES string of the molecule is COc1ccc(C2N(O)C(C)(C)C(c3ccccc3)=[N+]2[O-])cc1. The van der Waals surface area contributed by atoms with Crippen LogP contribution in [0.25, 0.3) is 0 Å². The molecule has 1 unspecified atom stereocenters. The summed E-state index contributed by atoms with van der Waals surface area (Å²) in [5.74, 6) is 0.709. The lowest BCUT2D eigenvalue weighted by molar-refractivity contribution is -0.544. The van der Waals surface area contributed by atoms with Crippen LogP contribution in [-0.2, 0) is 0 Å². The zero-order chi connectivity index (χ0) is 16.6. The molecule has 1 aliphatic rings. The molecule has 0 saturated heterocycles. The molecule has 0 radical (unpaired) electrons. The van der Waals surface area contributed by atoms with Crippen LogP contribution in [0.3, 0.4) is 0 Å². The van der Waals surface area contributed by atoms with Crippen LogP contribution in [0.4, 0.5) is 0 Å². The summed E-state index contributed by atoms with van der Waals surface area (Å²) < 4.78 is 6.03. The van der Waals surface area contributed by atoms with Gasteiger partial charge in [-0.1, -0.05) is 18.2 Å². The Labute approximate surface area is 135 Å². The Kier molecular flexibility index (Phi) is 3.83. The predicted molar refractivity (Wildman–Crippen MR) is 87.6 cm³/mol. The summed E-state index contributed by atoms with van der Waals surface area (Å²) in [4.78, 5) is 0. The van der Waals surface area contributed by atoms with Crippen molar-refractivity contribution >= 4 is 5.71 Å². The zero-order valence-electron chi connectivity index (χ0n) is 13.4. The van der Waals surface area contributed by atoms with Gasteiger partial charge >= 0.3 is 0 Å². The van der Waals surface area contributed by atoms with Crippen LogP contribution in [0.2, 0.25) is 0 Å². The molecule has 2 aromatic rings. The monoisotopic (exact) mass is 312 g/mol. The van der Waals surface area contributed by atoms with E-state index >= 15 is 0 Å². The van der Waals surface area contributed by atoms with Gasteiger partial charge in [0.1, 0.15) is 11.3 Å². The van der Waals surface area contributed by atoms with Crippen molar-refractivity contribution in [2.45, 2.75) is 25.6 Å². The molecule has 3 rings (SSSR count). The summed E-state index contributed by atoms with van der Waals surface area (Å²) in [7, 11) is 1.59. The number of nitrogens with zero attached hydrogens (tertiary/aromatic N) is 2. The highest BCUT2D eigenvalue weighted by molar-refractivity contribution is 6.04. The molecule has 1 N–H and O–H groups in total. The van der Waals surface area contributed by atoms with Crippen molar-refractivity contribution in [2.24, 2.45) is 0 Å². The summed E-state index contributed by atoms with van der Waals surface area (Å²) in [5, 5.41) is 24.7. The smallest absolute Gasteiger partial charge is 0.268 e. The van der Waals surface area contributed by atoms with Crippen molar-refractivity contribution in [3.63, 3.8) is 0 Å². The van der Waals surface area contributed by atoms with Crippen LogP contribution in [0, 0.1) is 5.21 Å². The number of ether oxygens (including phenoxy) is 1. The quantitative estimate of drug-likeness (QED) is 0.698. The molecule has 0 fully saturated rings. The van der Waals surface area contributed by atoms with Crippen molar-refractivity contribution in [3.05, 3.63) is 70.9 Å². The number of hydrogen-bond acceptors (Lipinski definition) is 4. The van der Waals surface area contributed by atoms with Gasteiger partial charge in [-0.15, -0.1) is 5.06 Å². The topological polar surface area (TPSA) is 58.8 Å². The van der Waals surface area contributed by atoms with E-state index in [0.717, 1.165) is 15.4 Å². The first kappa shape index (κ1) is 15.5. The average Bonchev–Trinajstić information content (AvgIpc) is 2.74. The van der Waals surface area contributed by atoms with Gasteiger partial charge in [0.25, 0.3) is 6.17 Å². The van der Waals surface area contributed by atoms with Gasteiger partial charge < -0.3 is 15.2 Å². The van der Waals surface area contributed by atoms with E-state index in [1.54, 1.807) is 31.4 Å². The van der Waals surface area contributed by atoms with Gasteiger partial charge in [-0.3, -0.25) is 0 Å². The van der Waals surface area contributed by atoms with E-state index in [1.165, 1.54) is 0 Å². The van der Waals surface area contributed by atoms with E-state index in [0.29, 0.717) is 17.0 Å². The number of methoxy groups -OCH3 is 1. The summed E-state index contributed by atoms with van der Waals surface area (Å²) in [5.41, 5.74) is 1.26. The van der Waals surface area contributed by atoms with Crippen LogP contribution in [0.15, 0.2) is 54.6 Å². The lowest BCUT2D eigenvalue weighted by Gasteiger charge is -2.25. The van der Waals surface area contributed by atoms with Crippen LogP contribution < -0.4 is 4.74 Å². The molecular weight excluding hydrogens is 292 g/mol. The van der Waals surface area contributed by atoms with E-state index in [9.17, 15) is 10.4 Å². The van der Waals surface area contributed by atoms with Crippen LogP contribution in [0.1, 0.15) is 31.1 Å². The molecule has 5 nitrogen and oxygen atoms in total. The van der Waals surface area contributed by atoms with Gasteiger partial charge in [0.05, 0.1) is 7.11 Å². The van der Waals surface area contributed by atoms with Crippen LogP contribution >= 0.6 is 0 Å². The number of benzene rings is 2. The van der Waals surface area contributed by atoms with E-state index < -0.39 is 11.7 Å². The molecule has 120 valence electrons. The lowest BCUT2D eigenvalue weighted by atomic mass is 9.93. The number of hydroxylamine groups is 3. The Morgan fingerprint density at radius 3 is 2.26 bits per heavy atom. The van der Waals surface area contributed by atoms with Gasteiger partial charge in [0.2, 0.25) is 5.71 Å². The second-order valence-corrected chi connectivity index (χ2v) is 6.09. The first-order chi connectivity index (χ1) is 11.0. The second-order valence-electron chi connectivity index (χ2n) is 6.09. The van der Waals surface area contributed by atoms with Crippen molar-refractivity contribution in [1.82, 2.24) is 5.06 Å².